The van der Waals surface area contributed by atoms with Crippen molar-refractivity contribution in [3.8, 4) is 6.07 Å². The fourth-order valence-corrected chi connectivity index (χ4v) is 1.81. The van der Waals surface area contributed by atoms with Crippen LogP contribution in [0, 0.1) is 17.2 Å². The van der Waals surface area contributed by atoms with Gasteiger partial charge in [0.15, 0.2) is 0 Å². The van der Waals surface area contributed by atoms with Gasteiger partial charge in [-0.15, -0.1) is 0 Å². The maximum Gasteiger partial charge on any atom is 0.101 e. The highest BCUT2D eigenvalue weighted by Crippen LogP contribution is 2.21. The SMILES string of the molecule is CCC(Nc1ccc(Cl)c(C#N)c1)C(C)C. The van der Waals surface area contributed by atoms with E-state index in [1.165, 1.54) is 0 Å². The van der Waals surface area contributed by atoms with Crippen molar-refractivity contribution in [2.75, 3.05) is 5.32 Å². The Morgan fingerprint density at radius 1 is 1.44 bits per heavy atom. The third-order valence-corrected chi connectivity index (χ3v) is 3.01. The Labute approximate surface area is 102 Å². The molecule has 0 fully saturated rings. The number of halogens is 1. The van der Waals surface area contributed by atoms with E-state index in [0.717, 1.165) is 12.1 Å². The standard InChI is InChI=1S/C13H17ClN2/c1-4-13(9(2)3)16-11-5-6-12(14)10(7-11)8-15/h5-7,9,13,16H,4H2,1-3H3. The van der Waals surface area contributed by atoms with E-state index in [4.69, 9.17) is 16.9 Å². The molecule has 0 radical (unpaired) electrons. The zero-order valence-corrected chi connectivity index (χ0v) is 10.7. The fraction of sp³-hybridized carbons (Fsp3) is 0.462. The summed E-state index contributed by atoms with van der Waals surface area (Å²) in [7, 11) is 0. The molecule has 0 aliphatic carbocycles. The minimum atomic E-state index is 0.424. The number of anilines is 1. The zero-order valence-electron chi connectivity index (χ0n) is 9.92. The van der Waals surface area contributed by atoms with E-state index >= 15 is 0 Å². The summed E-state index contributed by atoms with van der Waals surface area (Å²) in [6, 6.07) is 7.98. The monoisotopic (exact) mass is 236 g/mol. The van der Waals surface area contributed by atoms with E-state index in [-0.39, 0.29) is 0 Å². The van der Waals surface area contributed by atoms with Gasteiger partial charge < -0.3 is 5.32 Å². The predicted molar refractivity (Wildman–Crippen MR) is 68.7 cm³/mol. The molecule has 1 N–H and O–H groups in total. The minimum Gasteiger partial charge on any atom is -0.382 e. The maximum absolute atomic E-state index is 8.88. The lowest BCUT2D eigenvalue weighted by atomic mass is 10.0. The molecule has 1 atom stereocenters. The highest BCUT2D eigenvalue weighted by molar-refractivity contribution is 6.31. The Morgan fingerprint density at radius 3 is 2.62 bits per heavy atom. The van der Waals surface area contributed by atoms with Crippen LogP contribution in [0.4, 0.5) is 5.69 Å². The van der Waals surface area contributed by atoms with Crippen LogP contribution in [0.15, 0.2) is 18.2 Å². The largest absolute Gasteiger partial charge is 0.382 e. The van der Waals surface area contributed by atoms with Gasteiger partial charge in [0.05, 0.1) is 10.6 Å². The summed E-state index contributed by atoms with van der Waals surface area (Å²) >= 11 is 5.88. The Morgan fingerprint density at radius 2 is 2.12 bits per heavy atom. The molecule has 1 aromatic carbocycles. The maximum atomic E-state index is 8.88. The number of nitrogens with one attached hydrogen (secondary N) is 1. The fourth-order valence-electron chi connectivity index (χ4n) is 1.65. The van der Waals surface area contributed by atoms with Gasteiger partial charge in [0.25, 0.3) is 0 Å². The van der Waals surface area contributed by atoms with Gasteiger partial charge in [-0.3, -0.25) is 0 Å². The van der Waals surface area contributed by atoms with Crippen molar-refractivity contribution < 1.29 is 0 Å². The number of nitrogens with zero attached hydrogens (tertiary/aromatic N) is 1. The van der Waals surface area contributed by atoms with Crippen LogP contribution >= 0.6 is 11.6 Å². The molecule has 0 saturated heterocycles. The van der Waals surface area contributed by atoms with E-state index in [1.54, 1.807) is 12.1 Å². The molecule has 0 aromatic heterocycles. The second-order valence-electron chi connectivity index (χ2n) is 4.21. The lowest BCUT2D eigenvalue weighted by molar-refractivity contribution is 0.511. The molecule has 1 rings (SSSR count). The first-order valence-corrected chi connectivity index (χ1v) is 5.92. The highest BCUT2D eigenvalue weighted by Gasteiger charge is 2.11. The number of benzene rings is 1. The van der Waals surface area contributed by atoms with Crippen LogP contribution in [0.25, 0.3) is 0 Å². The minimum absolute atomic E-state index is 0.424. The summed E-state index contributed by atoms with van der Waals surface area (Å²) in [4.78, 5) is 0. The Bertz CT molecular complexity index is 393. The van der Waals surface area contributed by atoms with E-state index in [9.17, 15) is 0 Å². The molecule has 16 heavy (non-hydrogen) atoms. The molecule has 0 spiro atoms. The normalized spacial score (nSPS) is 12.2. The van der Waals surface area contributed by atoms with Crippen molar-refractivity contribution in [1.29, 1.82) is 5.26 Å². The summed E-state index contributed by atoms with van der Waals surface area (Å²) in [5.74, 6) is 0.561. The van der Waals surface area contributed by atoms with E-state index in [0.29, 0.717) is 22.5 Å². The Kier molecular flexibility index (Phi) is 4.64. The topological polar surface area (TPSA) is 35.8 Å². The van der Waals surface area contributed by atoms with Gasteiger partial charge in [-0.2, -0.15) is 5.26 Å². The van der Waals surface area contributed by atoms with E-state index in [2.05, 4.69) is 32.2 Å². The smallest absolute Gasteiger partial charge is 0.101 e. The molecule has 3 heteroatoms. The van der Waals surface area contributed by atoms with Crippen LogP contribution in [0.3, 0.4) is 0 Å². The second-order valence-corrected chi connectivity index (χ2v) is 4.62. The van der Waals surface area contributed by atoms with Crippen molar-refractivity contribution in [2.24, 2.45) is 5.92 Å². The molecule has 2 nitrogen and oxygen atoms in total. The highest BCUT2D eigenvalue weighted by atomic mass is 35.5. The number of hydrogen-bond donors (Lipinski definition) is 1. The molecule has 86 valence electrons. The number of nitriles is 1. The van der Waals surface area contributed by atoms with Crippen LogP contribution in [0.1, 0.15) is 32.8 Å². The first-order chi connectivity index (χ1) is 7.58. The zero-order chi connectivity index (χ0) is 12.1. The van der Waals surface area contributed by atoms with Crippen LogP contribution in [-0.4, -0.2) is 6.04 Å². The van der Waals surface area contributed by atoms with Gasteiger partial charge in [0, 0.05) is 11.7 Å². The molecule has 0 bridgehead atoms. The molecule has 1 unspecified atom stereocenters. The molecular formula is C13H17ClN2. The van der Waals surface area contributed by atoms with Crippen molar-refractivity contribution in [3.05, 3.63) is 28.8 Å². The molecule has 0 saturated carbocycles. The molecule has 0 heterocycles. The molecular weight excluding hydrogens is 220 g/mol. The average molecular weight is 237 g/mol. The van der Waals surface area contributed by atoms with Crippen molar-refractivity contribution in [1.82, 2.24) is 0 Å². The summed E-state index contributed by atoms with van der Waals surface area (Å²) in [6.07, 6.45) is 1.06. The third-order valence-electron chi connectivity index (χ3n) is 2.68. The second kappa shape index (κ2) is 5.77. The Hall–Kier alpha value is -1.20. The van der Waals surface area contributed by atoms with Gasteiger partial charge in [0.1, 0.15) is 6.07 Å². The first kappa shape index (κ1) is 12.9. The van der Waals surface area contributed by atoms with Crippen molar-refractivity contribution in [3.63, 3.8) is 0 Å². The van der Waals surface area contributed by atoms with Gasteiger partial charge in [0.2, 0.25) is 0 Å². The van der Waals surface area contributed by atoms with Crippen LogP contribution in [0.2, 0.25) is 5.02 Å². The average Bonchev–Trinajstić information content (AvgIpc) is 2.27. The van der Waals surface area contributed by atoms with Gasteiger partial charge in [-0.25, -0.2) is 0 Å². The number of rotatable bonds is 4. The van der Waals surface area contributed by atoms with Gasteiger partial charge >= 0.3 is 0 Å². The molecule has 0 aliphatic heterocycles. The van der Waals surface area contributed by atoms with Gasteiger partial charge in [-0.1, -0.05) is 32.4 Å². The van der Waals surface area contributed by atoms with Crippen LogP contribution in [0.5, 0.6) is 0 Å². The summed E-state index contributed by atoms with van der Waals surface area (Å²) in [5, 5.41) is 12.8. The lowest BCUT2D eigenvalue weighted by Crippen LogP contribution is -2.24. The van der Waals surface area contributed by atoms with Crippen LogP contribution < -0.4 is 5.32 Å². The molecule has 1 aromatic rings. The van der Waals surface area contributed by atoms with Crippen molar-refractivity contribution in [2.45, 2.75) is 33.2 Å². The lowest BCUT2D eigenvalue weighted by Gasteiger charge is -2.22. The van der Waals surface area contributed by atoms with E-state index in [1.807, 2.05) is 6.07 Å². The van der Waals surface area contributed by atoms with E-state index < -0.39 is 0 Å². The molecule has 0 amide bonds. The van der Waals surface area contributed by atoms with Crippen LogP contribution in [-0.2, 0) is 0 Å². The summed E-state index contributed by atoms with van der Waals surface area (Å²) in [5.41, 5.74) is 1.48. The third kappa shape index (κ3) is 3.15. The summed E-state index contributed by atoms with van der Waals surface area (Å²) in [6.45, 7) is 6.52. The Balaban J connectivity index is 2.86. The van der Waals surface area contributed by atoms with Crippen molar-refractivity contribution >= 4 is 17.3 Å². The first-order valence-electron chi connectivity index (χ1n) is 5.54. The molecule has 0 aliphatic rings. The number of hydrogen-bond acceptors (Lipinski definition) is 2. The van der Waals surface area contributed by atoms with Gasteiger partial charge in [-0.05, 0) is 30.5 Å². The quantitative estimate of drug-likeness (QED) is 0.856. The predicted octanol–water partition coefficient (Wildman–Crippen LogP) is 4.06. The summed E-state index contributed by atoms with van der Waals surface area (Å²) < 4.78 is 0.